The van der Waals surface area contributed by atoms with Gasteiger partial charge >= 0.3 is 0 Å². The van der Waals surface area contributed by atoms with Crippen molar-refractivity contribution in [1.82, 2.24) is 0 Å². The molecule has 242 valence electrons. The van der Waals surface area contributed by atoms with Gasteiger partial charge in [0.05, 0.1) is 0 Å². The molecule has 0 radical (unpaired) electrons. The zero-order valence-corrected chi connectivity index (χ0v) is 29.0. The van der Waals surface area contributed by atoms with Gasteiger partial charge in [0.15, 0.2) is 0 Å². The normalized spacial score (nSPS) is 11.8. The Labute approximate surface area is 304 Å². The quantitative estimate of drug-likeness (QED) is 0.169. The average Bonchev–Trinajstić information content (AvgIpc) is 3.88. The van der Waals surface area contributed by atoms with Crippen molar-refractivity contribution < 1.29 is 4.42 Å². The topological polar surface area (TPSA) is 13.1 Å². The highest BCUT2D eigenvalue weighted by molar-refractivity contribution is 7.13. The van der Waals surface area contributed by atoms with Crippen molar-refractivity contribution in [2.75, 3.05) is 0 Å². The van der Waals surface area contributed by atoms with Gasteiger partial charge in [-0.1, -0.05) is 158 Å². The summed E-state index contributed by atoms with van der Waals surface area (Å²) in [5.74, 6) is 0. The summed E-state index contributed by atoms with van der Waals surface area (Å²) < 4.78 is 6.89. The minimum Gasteiger partial charge on any atom is -0.455 e. The number of benzene rings is 9. The third-order valence-electron chi connectivity index (χ3n) is 10.7. The van der Waals surface area contributed by atoms with Gasteiger partial charge in [-0.15, -0.1) is 11.3 Å². The highest BCUT2D eigenvalue weighted by Crippen LogP contribution is 2.48. The molecule has 0 aliphatic carbocycles. The van der Waals surface area contributed by atoms with E-state index in [4.69, 9.17) is 4.42 Å². The van der Waals surface area contributed by atoms with E-state index in [0.717, 1.165) is 27.5 Å². The summed E-state index contributed by atoms with van der Waals surface area (Å²) in [6.45, 7) is 0. The van der Waals surface area contributed by atoms with Gasteiger partial charge in [0.2, 0.25) is 0 Å². The second kappa shape index (κ2) is 11.5. The molecule has 0 bridgehead atoms. The van der Waals surface area contributed by atoms with Crippen LogP contribution >= 0.6 is 11.3 Å². The summed E-state index contributed by atoms with van der Waals surface area (Å²) >= 11 is 1.80. The molecule has 1 nitrogen and oxygen atoms in total. The molecule has 0 aliphatic heterocycles. The second-order valence-corrected chi connectivity index (χ2v) is 14.5. The number of thiophene rings is 1. The Hall–Kier alpha value is -6.48. The fourth-order valence-electron chi connectivity index (χ4n) is 8.61. The minimum atomic E-state index is 0.893. The summed E-state index contributed by atoms with van der Waals surface area (Å²) in [7, 11) is 0. The molecule has 0 spiro atoms. The summed E-state index contributed by atoms with van der Waals surface area (Å²) in [5.41, 5.74) is 10.4. The lowest BCUT2D eigenvalue weighted by Crippen LogP contribution is -1.91. The van der Waals surface area contributed by atoms with E-state index in [-0.39, 0.29) is 0 Å². The zero-order valence-electron chi connectivity index (χ0n) is 28.1. The number of rotatable bonds is 4. The predicted molar refractivity (Wildman–Crippen MR) is 223 cm³/mol. The van der Waals surface area contributed by atoms with Crippen molar-refractivity contribution in [3.05, 3.63) is 181 Å². The molecule has 0 atom stereocenters. The fourth-order valence-corrected chi connectivity index (χ4v) is 9.41. The first-order valence-corrected chi connectivity index (χ1v) is 18.6. The monoisotopic (exact) mass is 678 g/mol. The summed E-state index contributed by atoms with van der Waals surface area (Å²) in [5, 5.41) is 14.4. The molecule has 2 heteroatoms. The average molecular weight is 679 g/mol. The van der Waals surface area contributed by atoms with Crippen LogP contribution in [0, 0.1) is 0 Å². The molecule has 0 amide bonds. The van der Waals surface area contributed by atoms with E-state index in [9.17, 15) is 0 Å². The van der Waals surface area contributed by atoms with Gasteiger partial charge in [-0.2, -0.15) is 0 Å². The van der Waals surface area contributed by atoms with Crippen LogP contribution in [0.1, 0.15) is 0 Å². The lowest BCUT2D eigenvalue weighted by atomic mass is 9.85. The largest absolute Gasteiger partial charge is 0.455 e. The highest BCUT2D eigenvalue weighted by atomic mass is 32.1. The zero-order chi connectivity index (χ0) is 34.2. The van der Waals surface area contributed by atoms with Gasteiger partial charge in [-0.05, 0) is 88.9 Å². The Bertz CT molecular complexity index is 3050. The van der Waals surface area contributed by atoms with E-state index in [2.05, 4.69) is 181 Å². The lowest BCUT2D eigenvalue weighted by Gasteiger charge is -2.17. The first-order valence-electron chi connectivity index (χ1n) is 17.8. The van der Waals surface area contributed by atoms with Crippen molar-refractivity contribution in [3.63, 3.8) is 0 Å². The molecule has 0 unspecified atom stereocenters. The number of para-hydroxylation sites is 1. The summed E-state index contributed by atoms with van der Waals surface area (Å²) in [6, 6.07) is 63.9. The maximum Gasteiger partial charge on any atom is 0.143 e. The van der Waals surface area contributed by atoms with Gasteiger partial charge in [-0.25, -0.2) is 0 Å². The van der Waals surface area contributed by atoms with Crippen LogP contribution < -0.4 is 0 Å². The maximum absolute atomic E-state index is 6.89. The molecule has 0 saturated carbocycles. The lowest BCUT2D eigenvalue weighted by molar-refractivity contribution is 0.670. The second-order valence-electron chi connectivity index (χ2n) is 13.5. The smallest absolute Gasteiger partial charge is 0.143 e. The van der Waals surface area contributed by atoms with Crippen molar-refractivity contribution in [3.8, 4) is 43.8 Å². The van der Waals surface area contributed by atoms with E-state index in [1.165, 1.54) is 81.3 Å². The Morgan fingerprint density at radius 3 is 1.38 bits per heavy atom. The first kappa shape index (κ1) is 29.3. The van der Waals surface area contributed by atoms with E-state index in [1.54, 1.807) is 11.3 Å². The summed E-state index contributed by atoms with van der Waals surface area (Å²) in [6.07, 6.45) is 0. The fraction of sp³-hybridized carbons (Fsp3) is 0. The molecule has 2 heterocycles. The van der Waals surface area contributed by atoms with Crippen LogP contribution in [0.3, 0.4) is 0 Å². The Balaban J connectivity index is 1.19. The van der Waals surface area contributed by atoms with Crippen LogP contribution in [0.4, 0.5) is 0 Å². The van der Waals surface area contributed by atoms with Crippen molar-refractivity contribution in [2.24, 2.45) is 0 Å². The third-order valence-corrected chi connectivity index (χ3v) is 11.6. The Morgan fingerprint density at radius 2 is 0.827 bits per heavy atom. The molecular weight excluding hydrogens is 649 g/mol. The van der Waals surface area contributed by atoms with Crippen molar-refractivity contribution in [2.45, 2.75) is 0 Å². The Kier molecular flexibility index (Phi) is 6.49. The van der Waals surface area contributed by atoms with E-state index in [0.29, 0.717) is 0 Å². The van der Waals surface area contributed by atoms with Crippen molar-refractivity contribution in [1.29, 1.82) is 0 Å². The van der Waals surface area contributed by atoms with E-state index in [1.807, 2.05) is 0 Å². The van der Waals surface area contributed by atoms with Gasteiger partial charge < -0.3 is 4.42 Å². The molecule has 52 heavy (non-hydrogen) atoms. The molecule has 0 saturated heterocycles. The molecule has 0 N–H and O–H groups in total. The number of fused-ring (bicyclic) bond motifs is 7. The maximum atomic E-state index is 6.89. The van der Waals surface area contributed by atoms with Crippen LogP contribution in [0.25, 0.3) is 109 Å². The molecule has 0 aliphatic rings. The predicted octanol–water partition coefficient (Wildman–Crippen LogP) is 14.9. The molecule has 11 rings (SSSR count). The number of hydrogen-bond donors (Lipinski definition) is 0. The SMILES string of the molecule is c1ccc(-c2c3ccccc3c(-c3cccc4c3oc3ccc(-c5c6ccccc6c(-c6cccs6)c6ccccc56)cc34)c3ccccc23)cc1. The van der Waals surface area contributed by atoms with Crippen molar-refractivity contribution >= 4 is 76.4 Å². The molecule has 9 aromatic carbocycles. The van der Waals surface area contributed by atoms with Crippen LogP contribution in [0.5, 0.6) is 0 Å². The van der Waals surface area contributed by atoms with E-state index >= 15 is 0 Å². The van der Waals surface area contributed by atoms with Gasteiger partial charge in [0, 0.05) is 32.3 Å². The van der Waals surface area contributed by atoms with E-state index < -0.39 is 0 Å². The molecule has 2 aromatic heterocycles. The highest BCUT2D eigenvalue weighted by Gasteiger charge is 2.22. The first-order chi connectivity index (χ1) is 25.8. The number of hydrogen-bond acceptors (Lipinski definition) is 2. The summed E-state index contributed by atoms with van der Waals surface area (Å²) in [4.78, 5) is 1.29. The standard InChI is InChI=1S/C50H30OS/c1-2-14-31(15-3-1)46-33-16-4-8-20-37(33)48(38-21-9-5-17-34(38)46)42-25-12-24-41-43-30-32(27-28-44(43)51-50(41)42)47-35-18-6-10-22-39(35)49(45-26-13-29-52-45)40-23-11-7-19-36(40)47/h1-30H. The van der Waals surface area contributed by atoms with Crippen LogP contribution in [0.15, 0.2) is 186 Å². The van der Waals surface area contributed by atoms with Crippen LogP contribution in [-0.4, -0.2) is 0 Å². The third kappa shape index (κ3) is 4.28. The molecular formula is C50H30OS. The van der Waals surface area contributed by atoms with Crippen LogP contribution in [0.2, 0.25) is 0 Å². The van der Waals surface area contributed by atoms with Gasteiger partial charge in [0.25, 0.3) is 0 Å². The van der Waals surface area contributed by atoms with Crippen LogP contribution in [-0.2, 0) is 0 Å². The van der Waals surface area contributed by atoms with Gasteiger partial charge in [0.1, 0.15) is 11.2 Å². The molecule has 11 aromatic rings. The Morgan fingerprint density at radius 1 is 0.327 bits per heavy atom. The molecule has 0 fully saturated rings. The minimum absolute atomic E-state index is 0.893. The van der Waals surface area contributed by atoms with Gasteiger partial charge in [-0.3, -0.25) is 0 Å². The number of furan rings is 1.